The van der Waals surface area contributed by atoms with Gasteiger partial charge in [-0.15, -0.1) is 0 Å². The maximum absolute atomic E-state index is 12.5. The molecule has 1 heterocycles. The quantitative estimate of drug-likeness (QED) is 0.623. The molecule has 2 aromatic rings. The van der Waals surface area contributed by atoms with Crippen LogP contribution in [0.4, 0.5) is 17.1 Å². The summed E-state index contributed by atoms with van der Waals surface area (Å²) in [6, 6.07) is 9.83. The predicted octanol–water partition coefficient (Wildman–Crippen LogP) is 4.09. The number of rotatable bonds is 5. The van der Waals surface area contributed by atoms with Gasteiger partial charge in [0.1, 0.15) is 0 Å². The third-order valence-corrected chi connectivity index (χ3v) is 4.74. The second-order valence-electron chi connectivity index (χ2n) is 7.45. The Morgan fingerprint density at radius 3 is 2.61 bits per heavy atom. The first-order valence-corrected chi connectivity index (χ1v) is 9.26. The Morgan fingerprint density at radius 2 is 1.96 bits per heavy atom. The van der Waals surface area contributed by atoms with Crippen LogP contribution in [0, 0.1) is 23.0 Å². The minimum atomic E-state index is -0.468. The Hall–Kier alpha value is -3.22. The van der Waals surface area contributed by atoms with Gasteiger partial charge in [-0.05, 0) is 55.2 Å². The van der Waals surface area contributed by atoms with Crippen LogP contribution < -0.4 is 10.2 Å². The number of nitro benzene ring substituents is 1. The van der Waals surface area contributed by atoms with Crippen molar-refractivity contribution in [3.05, 3.63) is 63.2 Å². The van der Waals surface area contributed by atoms with Gasteiger partial charge in [0.05, 0.1) is 4.92 Å². The molecule has 0 saturated carbocycles. The van der Waals surface area contributed by atoms with Gasteiger partial charge in [0.2, 0.25) is 5.91 Å². The summed E-state index contributed by atoms with van der Waals surface area (Å²) in [4.78, 5) is 37.1. The molecule has 7 heteroatoms. The van der Waals surface area contributed by atoms with E-state index in [0.29, 0.717) is 42.1 Å². The molecule has 3 rings (SSSR count). The molecule has 28 heavy (non-hydrogen) atoms. The lowest BCUT2D eigenvalue weighted by Crippen LogP contribution is -2.37. The molecule has 146 valence electrons. The van der Waals surface area contributed by atoms with Gasteiger partial charge < -0.3 is 10.2 Å². The summed E-state index contributed by atoms with van der Waals surface area (Å²) in [7, 11) is 0. The van der Waals surface area contributed by atoms with Gasteiger partial charge in [0, 0.05) is 41.5 Å². The van der Waals surface area contributed by atoms with Crippen molar-refractivity contribution < 1.29 is 14.5 Å². The molecule has 0 aromatic heterocycles. The van der Waals surface area contributed by atoms with E-state index < -0.39 is 4.92 Å². The molecule has 0 atom stereocenters. The zero-order valence-electron chi connectivity index (χ0n) is 16.2. The van der Waals surface area contributed by atoms with Crippen molar-refractivity contribution in [3.63, 3.8) is 0 Å². The lowest BCUT2D eigenvalue weighted by Gasteiger charge is -2.31. The van der Waals surface area contributed by atoms with Gasteiger partial charge in [0.15, 0.2) is 0 Å². The third kappa shape index (κ3) is 4.03. The first kappa shape index (κ1) is 19.5. The van der Waals surface area contributed by atoms with Crippen LogP contribution in [0.1, 0.15) is 41.8 Å². The summed E-state index contributed by atoms with van der Waals surface area (Å²) in [6.45, 7) is 6.42. The Morgan fingerprint density at radius 1 is 1.21 bits per heavy atom. The van der Waals surface area contributed by atoms with Crippen LogP contribution in [-0.2, 0) is 11.2 Å². The fourth-order valence-electron chi connectivity index (χ4n) is 3.41. The summed E-state index contributed by atoms with van der Waals surface area (Å²) in [5, 5.41) is 13.8. The van der Waals surface area contributed by atoms with Gasteiger partial charge >= 0.3 is 0 Å². The number of nitrogens with one attached hydrogen (secondary N) is 1. The molecule has 0 saturated heterocycles. The molecule has 0 radical (unpaired) electrons. The molecule has 2 aromatic carbocycles. The Bertz CT molecular complexity index is 953. The number of aryl methyl sites for hydroxylation is 2. The molecule has 1 N–H and O–H groups in total. The zero-order valence-corrected chi connectivity index (χ0v) is 16.2. The van der Waals surface area contributed by atoms with Crippen LogP contribution in [0.5, 0.6) is 0 Å². The number of anilines is 2. The van der Waals surface area contributed by atoms with Crippen molar-refractivity contribution in [2.24, 2.45) is 5.92 Å². The summed E-state index contributed by atoms with van der Waals surface area (Å²) in [5.41, 5.74) is 3.34. The number of hydrogen-bond donors (Lipinski definition) is 1. The second-order valence-corrected chi connectivity index (χ2v) is 7.45. The van der Waals surface area contributed by atoms with Crippen molar-refractivity contribution in [1.29, 1.82) is 0 Å². The van der Waals surface area contributed by atoms with E-state index in [-0.39, 0.29) is 17.5 Å². The highest BCUT2D eigenvalue weighted by molar-refractivity contribution is 6.05. The second kappa shape index (κ2) is 7.80. The van der Waals surface area contributed by atoms with E-state index >= 15 is 0 Å². The lowest BCUT2D eigenvalue weighted by atomic mass is 9.99. The maximum Gasteiger partial charge on any atom is 0.272 e. The van der Waals surface area contributed by atoms with Crippen LogP contribution >= 0.6 is 0 Å². The van der Waals surface area contributed by atoms with E-state index in [1.165, 1.54) is 18.2 Å². The molecule has 0 spiro atoms. The van der Waals surface area contributed by atoms with E-state index in [9.17, 15) is 19.7 Å². The molecule has 0 aliphatic carbocycles. The number of carbonyl (C=O) groups is 2. The Balaban J connectivity index is 1.80. The molecular formula is C21H23N3O4. The van der Waals surface area contributed by atoms with E-state index in [1.807, 2.05) is 17.0 Å². The van der Waals surface area contributed by atoms with Crippen molar-refractivity contribution in [2.45, 2.75) is 33.6 Å². The standard InChI is InChI=1S/C21H23N3O4/c1-13(2)12-23-19-8-6-17(11-15(19)5-9-20(23)25)22-21(26)16-4-7-18(24(27)28)14(3)10-16/h4,6-8,10-11,13H,5,9,12H2,1-3H3,(H,22,26). The fraction of sp³-hybridized carbons (Fsp3) is 0.333. The van der Waals surface area contributed by atoms with Gasteiger partial charge in [0.25, 0.3) is 11.6 Å². The van der Waals surface area contributed by atoms with Crippen LogP contribution in [0.3, 0.4) is 0 Å². The van der Waals surface area contributed by atoms with Gasteiger partial charge in [-0.1, -0.05) is 13.8 Å². The number of nitro groups is 1. The zero-order chi connectivity index (χ0) is 20.4. The van der Waals surface area contributed by atoms with Gasteiger partial charge in [-0.2, -0.15) is 0 Å². The summed E-state index contributed by atoms with van der Waals surface area (Å²) in [5.74, 6) is 0.155. The molecule has 0 unspecified atom stereocenters. The van der Waals surface area contributed by atoms with Gasteiger partial charge in [-0.3, -0.25) is 19.7 Å². The lowest BCUT2D eigenvalue weighted by molar-refractivity contribution is -0.385. The molecule has 0 fully saturated rings. The van der Waals surface area contributed by atoms with E-state index in [2.05, 4.69) is 19.2 Å². The van der Waals surface area contributed by atoms with Crippen molar-refractivity contribution in [1.82, 2.24) is 0 Å². The number of amides is 2. The first-order valence-electron chi connectivity index (χ1n) is 9.26. The van der Waals surface area contributed by atoms with Crippen LogP contribution in [0.15, 0.2) is 36.4 Å². The highest BCUT2D eigenvalue weighted by Crippen LogP contribution is 2.31. The molecular weight excluding hydrogens is 358 g/mol. The minimum absolute atomic E-state index is 0.0137. The summed E-state index contributed by atoms with van der Waals surface area (Å²) >= 11 is 0. The molecule has 1 aliphatic rings. The topological polar surface area (TPSA) is 92.6 Å². The molecule has 0 bridgehead atoms. The maximum atomic E-state index is 12.5. The SMILES string of the molecule is Cc1cc(C(=O)Nc2ccc3c(c2)CCC(=O)N3CC(C)C)ccc1[N+](=O)[O-]. The number of fused-ring (bicyclic) bond motifs is 1. The normalized spacial score (nSPS) is 13.4. The van der Waals surface area contributed by atoms with Crippen LogP contribution in [-0.4, -0.2) is 23.3 Å². The number of carbonyl (C=O) groups excluding carboxylic acids is 2. The van der Waals surface area contributed by atoms with E-state index in [0.717, 1.165) is 11.3 Å². The van der Waals surface area contributed by atoms with Crippen molar-refractivity contribution >= 4 is 28.9 Å². The molecule has 1 aliphatic heterocycles. The largest absolute Gasteiger partial charge is 0.322 e. The molecule has 2 amide bonds. The molecule has 7 nitrogen and oxygen atoms in total. The summed E-state index contributed by atoms with van der Waals surface area (Å²) < 4.78 is 0. The Kier molecular flexibility index (Phi) is 5.44. The summed E-state index contributed by atoms with van der Waals surface area (Å²) in [6.07, 6.45) is 1.10. The monoisotopic (exact) mass is 381 g/mol. The minimum Gasteiger partial charge on any atom is -0.322 e. The average molecular weight is 381 g/mol. The predicted molar refractivity (Wildman–Crippen MR) is 108 cm³/mol. The van der Waals surface area contributed by atoms with Crippen molar-refractivity contribution in [3.8, 4) is 0 Å². The average Bonchev–Trinajstić information content (AvgIpc) is 2.63. The first-order chi connectivity index (χ1) is 13.3. The smallest absolute Gasteiger partial charge is 0.272 e. The van der Waals surface area contributed by atoms with Crippen LogP contribution in [0.25, 0.3) is 0 Å². The highest BCUT2D eigenvalue weighted by Gasteiger charge is 2.25. The third-order valence-electron chi connectivity index (χ3n) is 4.74. The van der Waals surface area contributed by atoms with E-state index in [4.69, 9.17) is 0 Å². The number of benzene rings is 2. The van der Waals surface area contributed by atoms with Crippen molar-refractivity contribution in [2.75, 3.05) is 16.8 Å². The number of nitrogens with zero attached hydrogens (tertiary/aromatic N) is 2. The van der Waals surface area contributed by atoms with Gasteiger partial charge in [-0.25, -0.2) is 0 Å². The van der Waals surface area contributed by atoms with Crippen LogP contribution in [0.2, 0.25) is 0 Å². The highest BCUT2D eigenvalue weighted by atomic mass is 16.6. The fourth-order valence-corrected chi connectivity index (χ4v) is 3.41. The van der Waals surface area contributed by atoms with E-state index in [1.54, 1.807) is 13.0 Å². The number of hydrogen-bond acceptors (Lipinski definition) is 4. The Labute approximate surface area is 163 Å².